The number of aryl methyl sites for hydroxylation is 2. The van der Waals surface area contributed by atoms with Crippen LogP contribution >= 0.6 is 27.7 Å². The van der Waals surface area contributed by atoms with Crippen LogP contribution in [0.15, 0.2) is 56.5 Å². The molecular weight excluding hydrogens is 464 g/mol. The molecule has 0 unspecified atom stereocenters. The molecule has 0 radical (unpaired) electrons. The van der Waals surface area contributed by atoms with E-state index in [1.54, 1.807) is 0 Å². The Bertz CT molecular complexity index is 1230. The second-order valence-corrected chi connectivity index (χ2v) is 8.82. The second kappa shape index (κ2) is 8.65. The van der Waals surface area contributed by atoms with Gasteiger partial charge in [-0.25, -0.2) is 0 Å². The minimum absolute atomic E-state index is 0.0675. The van der Waals surface area contributed by atoms with E-state index in [0.717, 1.165) is 38.7 Å². The van der Waals surface area contributed by atoms with Crippen molar-refractivity contribution >= 4 is 50.3 Å². The first kappa shape index (κ1) is 20.7. The topological polar surface area (TPSA) is 73.0 Å². The molecule has 1 N–H and O–H groups in total. The Labute approximate surface area is 187 Å². The smallest absolute Gasteiger partial charge is 0.234 e. The van der Waals surface area contributed by atoms with Crippen LogP contribution in [0.2, 0.25) is 0 Å². The Hall–Kier alpha value is -2.58. The summed E-state index contributed by atoms with van der Waals surface area (Å²) in [5.41, 5.74) is 3.88. The van der Waals surface area contributed by atoms with Crippen molar-refractivity contribution in [2.45, 2.75) is 25.4 Å². The summed E-state index contributed by atoms with van der Waals surface area (Å²) in [7, 11) is 1.87. The van der Waals surface area contributed by atoms with Gasteiger partial charge in [-0.3, -0.25) is 4.79 Å². The van der Waals surface area contributed by atoms with Crippen molar-refractivity contribution in [3.63, 3.8) is 0 Å². The lowest BCUT2D eigenvalue weighted by Crippen LogP contribution is -2.16. The van der Waals surface area contributed by atoms with E-state index >= 15 is 0 Å². The normalized spacial score (nSPS) is 11.2. The maximum Gasteiger partial charge on any atom is 0.234 e. The summed E-state index contributed by atoms with van der Waals surface area (Å²) in [4.78, 5) is 12.5. The fraction of sp³-hybridized carbons (Fsp3) is 0.227. The zero-order valence-electron chi connectivity index (χ0n) is 16.9. The van der Waals surface area contributed by atoms with Crippen molar-refractivity contribution in [2.24, 2.45) is 7.05 Å². The average Bonchev–Trinajstić information content (AvgIpc) is 3.30. The van der Waals surface area contributed by atoms with Gasteiger partial charge in [0.25, 0.3) is 0 Å². The van der Waals surface area contributed by atoms with E-state index in [4.69, 9.17) is 4.42 Å². The quantitative estimate of drug-likeness (QED) is 0.361. The van der Waals surface area contributed by atoms with Gasteiger partial charge in [-0.1, -0.05) is 52.8 Å². The largest absolute Gasteiger partial charge is 0.453 e. The molecule has 0 atom stereocenters. The van der Waals surface area contributed by atoms with Gasteiger partial charge in [0.2, 0.25) is 5.91 Å². The predicted octanol–water partition coefficient (Wildman–Crippen LogP) is 5.59. The van der Waals surface area contributed by atoms with Crippen LogP contribution in [-0.2, 0) is 18.3 Å². The number of hydrogen-bond acceptors (Lipinski definition) is 5. The molecule has 30 heavy (non-hydrogen) atoms. The number of carbonyl (C=O) groups excluding carboxylic acids is 1. The Kier molecular flexibility index (Phi) is 5.97. The summed E-state index contributed by atoms with van der Waals surface area (Å²) in [5.74, 6) is 1.44. The molecule has 1 amide bonds. The molecule has 0 saturated heterocycles. The van der Waals surface area contributed by atoms with Crippen LogP contribution in [0, 0.1) is 6.92 Å². The summed E-state index contributed by atoms with van der Waals surface area (Å²) in [5, 5.41) is 13.2. The molecule has 0 spiro atoms. The van der Waals surface area contributed by atoms with Crippen molar-refractivity contribution in [3.8, 4) is 11.6 Å². The predicted molar refractivity (Wildman–Crippen MR) is 124 cm³/mol. The first-order valence-corrected chi connectivity index (χ1v) is 11.3. The molecule has 0 bridgehead atoms. The van der Waals surface area contributed by atoms with Gasteiger partial charge in [-0.05, 0) is 48.7 Å². The molecule has 4 rings (SSSR count). The molecule has 0 aliphatic rings. The molecule has 154 valence electrons. The number of furan rings is 1. The van der Waals surface area contributed by atoms with Crippen molar-refractivity contribution in [2.75, 3.05) is 11.1 Å². The number of benzene rings is 2. The highest BCUT2D eigenvalue weighted by Crippen LogP contribution is 2.30. The molecule has 0 aliphatic carbocycles. The van der Waals surface area contributed by atoms with Crippen LogP contribution in [0.1, 0.15) is 18.1 Å². The van der Waals surface area contributed by atoms with Crippen LogP contribution < -0.4 is 5.32 Å². The number of fused-ring (bicyclic) bond motifs is 1. The molecular formula is C22H21BrN4O2S. The Balaban J connectivity index is 1.47. The number of para-hydroxylation sites is 1. The molecule has 0 saturated carbocycles. The first-order chi connectivity index (χ1) is 14.5. The lowest BCUT2D eigenvalue weighted by Gasteiger charge is -2.12. The molecule has 8 heteroatoms. The highest BCUT2D eigenvalue weighted by molar-refractivity contribution is 9.10. The van der Waals surface area contributed by atoms with E-state index < -0.39 is 0 Å². The van der Waals surface area contributed by atoms with Crippen LogP contribution in [0.25, 0.3) is 22.6 Å². The van der Waals surface area contributed by atoms with E-state index in [-0.39, 0.29) is 11.7 Å². The lowest BCUT2D eigenvalue weighted by molar-refractivity contribution is -0.113. The minimum atomic E-state index is -0.0675. The fourth-order valence-corrected chi connectivity index (χ4v) is 4.38. The lowest BCUT2D eigenvalue weighted by atomic mass is 10.1. The number of halogens is 1. The molecule has 6 nitrogen and oxygen atoms in total. The van der Waals surface area contributed by atoms with E-state index in [2.05, 4.69) is 38.4 Å². The van der Waals surface area contributed by atoms with E-state index in [9.17, 15) is 4.79 Å². The number of carbonyl (C=O) groups is 1. The van der Waals surface area contributed by atoms with Gasteiger partial charge < -0.3 is 14.3 Å². The number of nitrogens with one attached hydrogen (secondary N) is 1. The number of nitrogens with zero attached hydrogens (tertiary/aromatic N) is 3. The van der Waals surface area contributed by atoms with Gasteiger partial charge in [-0.2, -0.15) is 0 Å². The Morgan fingerprint density at radius 3 is 2.87 bits per heavy atom. The Morgan fingerprint density at radius 2 is 2.07 bits per heavy atom. The summed E-state index contributed by atoms with van der Waals surface area (Å²) in [6, 6.07) is 13.8. The molecule has 0 fully saturated rings. The summed E-state index contributed by atoms with van der Waals surface area (Å²) in [6.45, 7) is 4.08. The number of thioether (sulfide) groups is 1. The first-order valence-electron chi connectivity index (χ1n) is 9.56. The van der Waals surface area contributed by atoms with Gasteiger partial charge in [-0.15, -0.1) is 10.2 Å². The van der Waals surface area contributed by atoms with Crippen molar-refractivity contribution in [3.05, 3.63) is 58.1 Å². The molecule has 4 aromatic rings. The molecule has 2 aromatic carbocycles. The van der Waals surface area contributed by atoms with E-state index in [1.165, 1.54) is 11.8 Å². The third kappa shape index (κ3) is 4.15. The summed E-state index contributed by atoms with van der Waals surface area (Å²) >= 11 is 4.82. The van der Waals surface area contributed by atoms with Crippen molar-refractivity contribution in [1.82, 2.24) is 14.8 Å². The van der Waals surface area contributed by atoms with Gasteiger partial charge in [0.05, 0.1) is 5.75 Å². The van der Waals surface area contributed by atoms with Gasteiger partial charge >= 0.3 is 0 Å². The third-order valence-electron chi connectivity index (χ3n) is 4.87. The summed E-state index contributed by atoms with van der Waals surface area (Å²) < 4.78 is 8.75. The van der Waals surface area contributed by atoms with E-state index in [1.807, 2.05) is 61.0 Å². The molecule has 2 aromatic heterocycles. The standard InChI is InChI=1S/C22H21BrN4O2S/c1-4-14-7-5-6-13(2)20(14)24-19(28)12-30-22-26-25-21(27(22)3)18-11-15-10-16(23)8-9-17(15)29-18/h5-11H,4,12H2,1-3H3,(H,24,28). The maximum absolute atomic E-state index is 12.5. The van der Waals surface area contributed by atoms with Gasteiger partial charge in [0.1, 0.15) is 5.58 Å². The highest BCUT2D eigenvalue weighted by atomic mass is 79.9. The van der Waals surface area contributed by atoms with Gasteiger partial charge in [0, 0.05) is 22.6 Å². The number of anilines is 1. The SMILES string of the molecule is CCc1cccc(C)c1NC(=O)CSc1nnc(-c2cc3cc(Br)ccc3o2)n1C. The maximum atomic E-state index is 12.5. The zero-order valence-corrected chi connectivity index (χ0v) is 19.3. The second-order valence-electron chi connectivity index (χ2n) is 6.96. The molecule has 2 heterocycles. The minimum Gasteiger partial charge on any atom is -0.453 e. The fourth-order valence-electron chi connectivity index (χ4n) is 3.29. The zero-order chi connectivity index (χ0) is 21.3. The summed E-state index contributed by atoms with van der Waals surface area (Å²) in [6.07, 6.45) is 0.866. The van der Waals surface area contributed by atoms with Crippen molar-refractivity contribution in [1.29, 1.82) is 0 Å². The number of amides is 1. The van der Waals surface area contributed by atoms with Crippen LogP contribution in [0.3, 0.4) is 0 Å². The van der Waals surface area contributed by atoms with E-state index in [0.29, 0.717) is 16.7 Å². The van der Waals surface area contributed by atoms with Crippen LogP contribution in [0.5, 0.6) is 0 Å². The Morgan fingerprint density at radius 1 is 1.23 bits per heavy atom. The number of aromatic nitrogens is 3. The molecule has 0 aliphatic heterocycles. The van der Waals surface area contributed by atoms with Crippen LogP contribution in [0.4, 0.5) is 5.69 Å². The number of rotatable bonds is 6. The third-order valence-corrected chi connectivity index (χ3v) is 6.38. The van der Waals surface area contributed by atoms with Crippen LogP contribution in [-0.4, -0.2) is 26.4 Å². The average molecular weight is 485 g/mol. The van der Waals surface area contributed by atoms with Crippen molar-refractivity contribution < 1.29 is 9.21 Å². The number of hydrogen-bond donors (Lipinski definition) is 1. The van der Waals surface area contributed by atoms with Gasteiger partial charge in [0.15, 0.2) is 16.7 Å². The monoisotopic (exact) mass is 484 g/mol. The highest BCUT2D eigenvalue weighted by Gasteiger charge is 2.17.